The second-order valence-corrected chi connectivity index (χ2v) is 17.2. The van der Waals surface area contributed by atoms with E-state index in [1.807, 2.05) is 22.7 Å². The largest absolute Gasteiger partial charge is 0.455 e. The normalized spacial score (nSPS) is 12.2. The van der Waals surface area contributed by atoms with Crippen LogP contribution in [0.1, 0.15) is 0 Å². The predicted octanol–water partition coefficient (Wildman–Crippen LogP) is 16.8. The van der Waals surface area contributed by atoms with E-state index in [1.54, 1.807) is 0 Å². The molecular weight excluding hydrogens is 729 g/mol. The van der Waals surface area contributed by atoms with Crippen molar-refractivity contribution in [2.45, 2.75) is 0 Å². The Hall–Kier alpha value is -6.78. The van der Waals surface area contributed by atoms with Crippen LogP contribution in [0.2, 0.25) is 0 Å². The van der Waals surface area contributed by atoms with Crippen molar-refractivity contribution in [3.05, 3.63) is 182 Å². The van der Waals surface area contributed by atoms with Crippen molar-refractivity contribution in [3.63, 3.8) is 0 Å². The van der Waals surface area contributed by atoms with Crippen molar-refractivity contribution in [2.75, 3.05) is 0 Å². The fourth-order valence-electron chi connectivity index (χ4n) is 9.53. The molecule has 13 aromatic rings. The lowest BCUT2D eigenvalue weighted by molar-refractivity contribution is 0.670. The van der Waals surface area contributed by atoms with E-state index in [1.165, 1.54) is 94.9 Å². The molecule has 13 rings (SSSR count). The minimum absolute atomic E-state index is 0.899. The van der Waals surface area contributed by atoms with Crippen molar-refractivity contribution < 1.29 is 4.42 Å². The summed E-state index contributed by atoms with van der Waals surface area (Å²) in [7, 11) is 0. The average Bonchev–Trinajstić information content (AvgIpc) is 3.97. The van der Waals surface area contributed by atoms with Crippen LogP contribution in [0.4, 0.5) is 0 Å². The highest BCUT2D eigenvalue weighted by Gasteiger charge is 2.20. The van der Waals surface area contributed by atoms with E-state index in [2.05, 4.69) is 182 Å². The lowest BCUT2D eigenvalue weighted by Crippen LogP contribution is -1.90. The van der Waals surface area contributed by atoms with Gasteiger partial charge in [0.25, 0.3) is 0 Å². The molecule has 1 nitrogen and oxygen atoms in total. The first-order valence-electron chi connectivity index (χ1n) is 19.4. The second-order valence-electron chi connectivity index (χ2n) is 15.1. The molecule has 0 saturated heterocycles. The molecule has 3 heteroatoms. The molecule has 0 saturated carbocycles. The molecule has 10 aromatic carbocycles. The zero-order valence-corrected chi connectivity index (χ0v) is 32.2. The molecule has 0 aliphatic rings. The molecule has 0 unspecified atom stereocenters. The molecule has 57 heavy (non-hydrogen) atoms. The number of fused-ring (bicyclic) bond motifs is 14. The van der Waals surface area contributed by atoms with Crippen molar-refractivity contribution in [1.82, 2.24) is 0 Å². The Bertz CT molecular complexity index is 3750. The first-order valence-corrected chi connectivity index (χ1v) is 21.0. The number of para-hydroxylation sites is 1. The van der Waals surface area contributed by atoms with Gasteiger partial charge in [-0.15, -0.1) is 22.7 Å². The van der Waals surface area contributed by atoms with Crippen molar-refractivity contribution in [1.29, 1.82) is 0 Å². The quantitative estimate of drug-likeness (QED) is 0.164. The third-order valence-corrected chi connectivity index (χ3v) is 14.5. The molecule has 0 aliphatic carbocycles. The number of benzene rings is 10. The molecule has 264 valence electrons. The Morgan fingerprint density at radius 2 is 0.965 bits per heavy atom. The molecule has 3 heterocycles. The van der Waals surface area contributed by atoms with Gasteiger partial charge in [0.1, 0.15) is 11.2 Å². The van der Waals surface area contributed by atoms with Gasteiger partial charge in [-0.2, -0.15) is 0 Å². The lowest BCUT2D eigenvalue weighted by Gasteiger charge is -2.17. The third kappa shape index (κ3) is 4.50. The van der Waals surface area contributed by atoms with E-state index in [4.69, 9.17) is 4.42 Å². The van der Waals surface area contributed by atoms with Gasteiger partial charge in [0.2, 0.25) is 0 Å². The Kier molecular flexibility index (Phi) is 6.54. The molecule has 0 atom stereocenters. The molecule has 0 bridgehead atoms. The van der Waals surface area contributed by atoms with Crippen LogP contribution >= 0.6 is 22.7 Å². The van der Waals surface area contributed by atoms with Gasteiger partial charge in [-0.1, -0.05) is 152 Å². The van der Waals surface area contributed by atoms with Crippen LogP contribution in [0.25, 0.3) is 128 Å². The Morgan fingerprint density at radius 1 is 0.333 bits per heavy atom. The van der Waals surface area contributed by atoms with Gasteiger partial charge in [-0.05, 0) is 90.5 Å². The SMILES string of the molecule is c1ccc(-c2c3ccccc3c(-c3ccc4oc5c(-c6ccc7c(ccc8c7sc7ccc9c%10ccccc%10sc9c78)c6)cccc5c4c3)c3ccccc23)cc1. The number of hydrogen-bond acceptors (Lipinski definition) is 3. The molecule has 0 amide bonds. The molecule has 0 aliphatic heterocycles. The van der Waals surface area contributed by atoms with Crippen LogP contribution < -0.4 is 0 Å². The standard InChI is InChI=1S/C54H30OS2/c1-2-11-31(12-3-1)49-38-14-4-6-16-40(38)50(41-17-7-5-15-39(41)49)34-23-27-46-45(30-34)42-19-10-18-35(52(42)55-46)32-21-24-36-33(29-32)22-25-44-51-48(57-53(36)44)28-26-43-37-13-8-9-20-47(37)56-54(43)51/h1-30H. The smallest absolute Gasteiger partial charge is 0.143 e. The first-order chi connectivity index (χ1) is 28.3. The lowest BCUT2D eigenvalue weighted by atomic mass is 9.86. The van der Waals surface area contributed by atoms with E-state index in [0.717, 1.165) is 33.1 Å². The minimum atomic E-state index is 0.899. The molecule has 0 fully saturated rings. The van der Waals surface area contributed by atoms with E-state index >= 15 is 0 Å². The van der Waals surface area contributed by atoms with Gasteiger partial charge >= 0.3 is 0 Å². The summed E-state index contributed by atoms with van der Waals surface area (Å²) in [6.45, 7) is 0. The Morgan fingerprint density at radius 3 is 1.75 bits per heavy atom. The summed E-state index contributed by atoms with van der Waals surface area (Å²) in [4.78, 5) is 0. The molecule has 0 N–H and O–H groups in total. The van der Waals surface area contributed by atoms with Gasteiger partial charge < -0.3 is 4.42 Å². The predicted molar refractivity (Wildman–Crippen MR) is 248 cm³/mol. The van der Waals surface area contributed by atoms with Crippen LogP contribution in [0, 0.1) is 0 Å². The summed E-state index contributed by atoms with van der Waals surface area (Å²) < 4.78 is 12.2. The van der Waals surface area contributed by atoms with Crippen molar-refractivity contribution >= 4 is 117 Å². The van der Waals surface area contributed by atoms with Gasteiger partial charge in [-0.3, -0.25) is 0 Å². The van der Waals surface area contributed by atoms with Crippen molar-refractivity contribution in [2.24, 2.45) is 0 Å². The van der Waals surface area contributed by atoms with Crippen LogP contribution in [-0.2, 0) is 0 Å². The first kappa shape index (κ1) is 31.4. The summed E-state index contributed by atoms with van der Waals surface area (Å²) in [6, 6.07) is 66.8. The van der Waals surface area contributed by atoms with Gasteiger partial charge in [0.15, 0.2) is 0 Å². The monoisotopic (exact) mass is 758 g/mol. The summed E-state index contributed by atoms with van der Waals surface area (Å²) in [5.74, 6) is 0. The average molecular weight is 759 g/mol. The summed E-state index contributed by atoms with van der Waals surface area (Å²) in [5, 5.41) is 15.3. The molecule has 0 radical (unpaired) electrons. The summed E-state index contributed by atoms with van der Waals surface area (Å²) in [6.07, 6.45) is 0. The Labute approximate surface area is 335 Å². The highest BCUT2D eigenvalue weighted by molar-refractivity contribution is 7.30. The maximum atomic E-state index is 6.77. The highest BCUT2D eigenvalue weighted by atomic mass is 32.1. The van der Waals surface area contributed by atoms with Crippen LogP contribution in [0.15, 0.2) is 186 Å². The summed E-state index contributed by atoms with van der Waals surface area (Å²) in [5.41, 5.74) is 9.05. The maximum absolute atomic E-state index is 6.77. The number of hydrogen-bond donors (Lipinski definition) is 0. The number of furan rings is 1. The fourth-order valence-corrected chi connectivity index (χ4v) is 12.1. The Balaban J connectivity index is 0.972. The van der Waals surface area contributed by atoms with Crippen molar-refractivity contribution in [3.8, 4) is 33.4 Å². The van der Waals surface area contributed by atoms with E-state index < -0.39 is 0 Å². The number of thiophene rings is 2. The van der Waals surface area contributed by atoms with Crippen LogP contribution in [0.5, 0.6) is 0 Å². The zero-order chi connectivity index (χ0) is 37.2. The third-order valence-electron chi connectivity index (χ3n) is 12.1. The van der Waals surface area contributed by atoms with E-state index in [0.29, 0.717) is 0 Å². The van der Waals surface area contributed by atoms with Crippen LogP contribution in [-0.4, -0.2) is 0 Å². The minimum Gasteiger partial charge on any atom is -0.455 e. The fraction of sp³-hybridized carbons (Fsp3) is 0. The summed E-state index contributed by atoms with van der Waals surface area (Å²) >= 11 is 3.83. The topological polar surface area (TPSA) is 13.1 Å². The molecule has 3 aromatic heterocycles. The molecule has 0 spiro atoms. The van der Waals surface area contributed by atoms with Gasteiger partial charge in [0, 0.05) is 56.7 Å². The van der Waals surface area contributed by atoms with E-state index in [-0.39, 0.29) is 0 Å². The van der Waals surface area contributed by atoms with Gasteiger partial charge in [0.05, 0.1) is 0 Å². The maximum Gasteiger partial charge on any atom is 0.143 e. The zero-order valence-electron chi connectivity index (χ0n) is 30.5. The van der Waals surface area contributed by atoms with Crippen LogP contribution in [0.3, 0.4) is 0 Å². The second kappa shape index (κ2) is 11.9. The molecular formula is C54H30OS2. The van der Waals surface area contributed by atoms with Gasteiger partial charge in [-0.25, -0.2) is 0 Å². The highest BCUT2D eigenvalue weighted by Crippen LogP contribution is 2.48. The number of rotatable bonds is 3. The van der Waals surface area contributed by atoms with E-state index in [9.17, 15) is 0 Å².